The van der Waals surface area contributed by atoms with Crippen LogP contribution in [-0.2, 0) is 4.74 Å². The topological polar surface area (TPSA) is 70.0 Å². The summed E-state index contributed by atoms with van der Waals surface area (Å²) in [5.41, 5.74) is 0.124. The number of rotatable bonds is 4. The Labute approximate surface area is 119 Å². The molecule has 2 atom stereocenters. The molecule has 0 saturated heterocycles. The van der Waals surface area contributed by atoms with Crippen molar-refractivity contribution in [3.8, 4) is 0 Å². The predicted octanol–water partition coefficient (Wildman–Crippen LogP) is 1.95. The van der Waals surface area contributed by atoms with Crippen LogP contribution < -0.4 is 0 Å². The predicted molar refractivity (Wildman–Crippen MR) is 76.3 cm³/mol. The Morgan fingerprint density at radius 3 is 2.30 bits per heavy atom. The van der Waals surface area contributed by atoms with E-state index in [9.17, 15) is 15.0 Å². The molecule has 1 aromatic rings. The maximum absolute atomic E-state index is 12.1. The smallest absolute Gasteiger partial charge is 0.410 e. The average Bonchev–Trinajstić information content (AvgIpc) is 2.37. The molecular formula is C15H23NO4. The van der Waals surface area contributed by atoms with Gasteiger partial charge in [0, 0.05) is 7.05 Å². The first-order valence-corrected chi connectivity index (χ1v) is 6.56. The molecule has 112 valence electrons. The maximum Gasteiger partial charge on any atom is 0.410 e. The normalized spacial score (nSPS) is 14.5. The molecule has 0 bridgehead atoms. The number of nitrogens with zero attached hydrogens (tertiary/aromatic N) is 1. The molecule has 0 saturated carbocycles. The van der Waals surface area contributed by atoms with E-state index in [4.69, 9.17) is 4.74 Å². The van der Waals surface area contributed by atoms with E-state index < -0.39 is 30.4 Å². The van der Waals surface area contributed by atoms with E-state index in [1.54, 1.807) is 40.0 Å². The zero-order valence-corrected chi connectivity index (χ0v) is 12.4. The number of ether oxygens (including phenoxy) is 1. The third-order valence-corrected chi connectivity index (χ3v) is 2.79. The number of carbonyl (C=O) groups is 1. The first kappa shape index (κ1) is 16.5. The van der Waals surface area contributed by atoms with E-state index >= 15 is 0 Å². The van der Waals surface area contributed by atoms with Crippen LogP contribution >= 0.6 is 0 Å². The van der Waals surface area contributed by atoms with Gasteiger partial charge in [0.2, 0.25) is 0 Å². The lowest BCUT2D eigenvalue weighted by atomic mass is 10.0. The number of benzene rings is 1. The molecule has 5 heteroatoms. The molecule has 0 unspecified atom stereocenters. The van der Waals surface area contributed by atoms with E-state index in [-0.39, 0.29) is 0 Å². The summed E-state index contributed by atoms with van der Waals surface area (Å²) < 4.78 is 5.29. The summed E-state index contributed by atoms with van der Waals surface area (Å²) in [6.45, 7) is 4.89. The molecule has 20 heavy (non-hydrogen) atoms. The van der Waals surface area contributed by atoms with E-state index in [1.807, 2.05) is 18.2 Å². The van der Waals surface area contributed by atoms with Crippen molar-refractivity contribution in [1.82, 2.24) is 4.90 Å². The fourth-order valence-corrected chi connectivity index (χ4v) is 1.90. The van der Waals surface area contributed by atoms with E-state index in [0.717, 1.165) is 5.56 Å². The van der Waals surface area contributed by atoms with Gasteiger partial charge in [-0.25, -0.2) is 4.79 Å². The van der Waals surface area contributed by atoms with Crippen molar-refractivity contribution >= 4 is 6.09 Å². The van der Waals surface area contributed by atoms with Crippen molar-refractivity contribution in [1.29, 1.82) is 0 Å². The number of carbonyl (C=O) groups excluding carboxylic acids is 1. The summed E-state index contributed by atoms with van der Waals surface area (Å²) in [4.78, 5) is 13.4. The van der Waals surface area contributed by atoms with E-state index in [2.05, 4.69) is 0 Å². The van der Waals surface area contributed by atoms with E-state index in [1.165, 1.54) is 4.90 Å². The van der Waals surface area contributed by atoms with Gasteiger partial charge in [-0.3, -0.25) is 0 Å². The minimum atomic E-state index is -1.07. The fraction of sp³-hybridized carbons (Fsp3) is 0.533. The Hall–Kier alpha value is -1.59. The van der Waals surface area contributed by atoms with Crippen LogP contribution in [0.3, 0.4) is 0 Å². The fourth-order valence-electron chi connectivity index (χ4n) is 1.90. The van der Waals surface area contributed by atoms with Gasteiger partial charge in [0.05, 0.1) is 12.6 Å². The molecule has 0 aliphatic rings. The number of likely N-dealkylation sites (N-methyl/N-ethyl adjacent to an activating group) is 1. The molecule has 0 aromatic heterocycles. The molecular weight excluding hydrogens is 258 g/mol. The molecule has 0 radical (unpaired) electrons. The summed E-state index contributed by atoms with van der Waals surface area (Å²) in [5, 5.41) is 19.2. The van der Waals surface area contributed by atoms with Gasteiger partial charge in [0.1, 0.15) is 11.7 Å². The Morgan fingerprint density at radius 1 is 1.30 bits per heavy atom. The van der Waals surface area contributed by atoms with Crippen molar-refractivity contribution in [3.05, 3.63) is 35.9 Å². The number of amides is 1. The van der Waals surface area contributed by atoms with Gasteiger partial charge in [-0.15, -0.1) is 0 Å². The molecule has 0 spiro atoms. The van der Waals surface area contributed by atoms with Crippen molar-refractivity contribution in [2.24, 2.45) is 0 Å². The summed E-state index contributed by atoms with van der Waals surface area (Å²) in [5.74, 6) is 0. The van der Waals surface area contributed by atoms with Gasteiger partial charge in [0.25, 0.3) is 0 Å². The maximum atomic E-state index is 12.1. The largest absolute Gasteiger partial charge is 0.444 e. The van der Waals surface area contributed by atoms with Crippen molar-refractivity contribution in [2.45, 2.75) is 38.5 Å². The van der Waals surface area contributed by atoms with Crippen LogP contribution in [0, 0.1) is 0 Å². The van der Waals surface area contributed by atoms with Crippen LogP contribution in [0.15, 0.2) is 30.3 Å². The average molecular weight is 281 g/mol. The van der Waals surface area contributed by atoms with Gasteiger partial charge in [-0.2, -0.15) is 0 Å². The lowest BCUT2D eigenvalue weighted by Crippen LogP contribution is -2.42. The molecule has 5 nitrogen and oxygen atoms in total. The van der Waals surface area contributed by atoms with Gasteiger partial charge in [-0.1, -0.05) is 30.3 Å². The highest BCUT2D eigenvalue weighted by Gasteiger charge is 2.31. The van der Waals surface area contributed by atoms with E-state index in [0.29, 0.717) is 0 Å². The number of aliphatic hydroxyl groups is 2. The quantitative estimate of drug-likeness (QED) is 0.885. The highest BCUT2D eigenvalue weighted by atomic mass is 16.6. The van der Waals surface area contributed by atoms with Gasteiger partial charge < -0.3 is 19.8 Å². The molecule has 1 rings (SSSR count). The Balaban J connectivity index is 2.97. The highest BCUT2D eigenvalue weighted by Crippen LogP contribution is 2.25. The Kier molecular flexibility index (Phi) is 5.53. The molecule has 1 amide bonds. The first-order valence-electron chi connectivity index (χ1n) is 6.56. The van der Waals surface area contributed by atoms with Gasteiger partial charge in [-0.05, 0) is 26.3 Å². The van der Waals surface area contributed by atoms with Gasteiger partial charge in [0.15, 0.2) is 0 Å². The zero-order valence-electron chi connectivity index (χ0n) is 12.4. The van der Waals surface area contributed by atoms with Crippen LogP contribution in [0.5, 0.6) is 0 Å². The molecule has 0 heterocycles. The second-order valence-corrected chi connectivity index (χ2v) is 5.70. The third-order valence-electron chi connectivity index (χ3n) is 2.79. The van der Waals surface area contributed by atoms with Crippen LogP contribution in [0.2, 0.25) is 0 Å². The van der Waals surface area contributed by atoms with Gasteiger partial charge >= 0.3 is 6.09 Å². The standard InChI is InChI=1S/C15H23NO4/c1-15(2,3)20-14(19)16(4)13(12(18)10-17)11-8-6-5-7-9-11/h5-9,12-13,17-18H,10H2,1-4H3/t12-,13-/m0/s1. The molecule has 0 fully saturated rings. The summed E-state index contributed by atoms with van der Waals surface area (Å²) in [7, 11) is 1.55. The van der Waals surface area contributed by atoms with Crippen LogP contribution in [0.25, 0.3) is 0 Å². The van der Waals surface area contributed by atoms with Crippen LogP contribution in [0.1, 0.15) is 32.4 Å². The molecule has 1 aromatic carbocycles. The van der Waals surface area contributed by atoms with Crippen molar-refractivity contribution < 1.29 is 19.7 Å². The van der Waals surface area contributed by atoms with Crippen molar-refractivity contribution in [3.63, 3.8) is 0 Å². The Morgan fingerprint density at radius 2 is 1.85 bits per heavy atom. The summed E-state index contributed by atoms with van der Waals surface area (Å²) in [6, 6.07) is 8.41. The second-order valence-electron chi connectivity index (χ2n) is 5.70. The molecule has 2 N–H and O–H groups in total. The van der Waals surface area contributed by atoms with Crippen molar-refractivity contribution in [2.75, 3.05) is 13.7 Å². The minimum Gasteiger partial charge on any atom is -0.444 e. The Bertz CT molecular complexity index is 427. The second kappa shape index (κ2) is 6.72. The third kappa shape index (κ3) is 4.51. The number of hydrogen-bond acceptors (Lipinski definition) is 4. The summed E-state index contributed by atoms with van der Waals surface area (Å²) in [6.07, 6.45) is -1.62. The molecule has 0 aliphatic heterocycles. The van der Waals surface area contributed by atoms with Crippen LogP contribution in [0.4, 0.5) is 4.79 Å². The lowest BCUT2D eigenvalue weighted by molar-refractivity contribution is -0.0114. The molecule has 0 aliphatic carbocycles. The SMILES string of the molecule is CN(C(=O)OC(C)(C)C)[C@@H](c1ccccc1)[C@@H](O)CO. The zero-order chi connectivity index (χ0) is 15.3. The number of aliphatic hydroxyl groups excluding tert-OH is 2. The first-order chi connectivity index (χ1) is 9.26. The highest BCUT2D eigenvalue weighted by molar-refractivity contribution is 5.68. The number of hydrogen-bond donors (Lipinski definition) is 2. The van der Waals surface area contributed by atoms with Crippen LogP contribution in [-0.4, -0.2) is 46.6 Å². The monoisotopic (exact) mass is 281 g/mol. The minimum absolute atomic E-state index is 0.438. The lowest BCUT2D eigenvalue weighted by Gasteiger charge is -2.33. The summed E-state index contributed by atoms with van der Waals surface area (Å²) >= 11 is 0.